The molecule has 3 aromatic rings. The third-order valence-corrected chi connectivity index (χ3v) is 5.72. The van der Waals surface area contributed by atoms with E-state index in [0.29, 0.717) is 44.5 Å². The van der Waals surface area contributed by atoms with Gasteiger partial charge in [-0.05, 0) is 29.8 Å². The lowest BCUT2D eigenvalue weighted by Gasteiger charge is -2.34. The summed E-state index contributed by atoms with van der Waals surface area (Å²) in [4.78, 5) is 40.2. The van der Waals surface area contributed by atoms with Gasteiger partial charge in [-0.3, -0.25) is 14.4 Å². The largest absolute Gasteiger partial charge is 0.343 e. The van der Waals surface area contributed by atoms with Gasteiger partial charge >= 0.3 is 0 Å². The van der Waals surface area contributed by atoms with Crippen LogP contribution in [-0.4, -0.2) is 52.4 Å². The Bertz CT molecular complexity index is 1200. The van der Waals surface area contributed by atoms with Gasteiger partial charge in [0.05, 0.1) is 11.1 Å². The molecule has 1 aromatic heterocycles. The summed E-state index contributed by atoms with van der Waals surface area (Å²) in [7, 11) is 0. The molecule has 2 aromatic carbocycles. The van der Waals surface area contributed by atoms with Crippen molar-refractivity contribution in [1.82, 2.24) is 14.4 Å². The van der Waals surface area contributed by atoms with Crippen LogP contribution in [0.1, 0.15) is 29.3 Å². The van der Waals surface area contributed by atoms with E-state index in [4.69, 9.17) is 0 Å². The normalized spacial score (nSPS) is 14.1. The molecule has 6 nitrogen and oxygen atoms in total. The van der Waals surface area contributed by atoms with Crippen molar-refractivity contribution in [3.63, 3.8) is 0 Å². The molecule has 2 heterocycles. The number of hydrogen-bond acceptors (Lipinski definition) is 3. The highest BCUT2D eigenvalue weighted by atomic mass is 19.1. The van der Waals surface area contributed by atoms with E-state index < -0.39 is 5.82 Å². The minimum Gasteiger partial charge on any atom is -0.343 e. The molecule has 1 fully saturated rings. The van der Waals surface area contributed by atoms with Gasteiger partial charge in [-0.1, -0.05) is 25.1 Å². The lowest BCUT2D eigenvalue weighted by atomic mass is 10.1. The quantitative estimate of drug-likeness (QED) is 0.651. The van der Waals surface area contributed by atoms with E-state index in [1.807, 2.05) is 29.7 Å². The van der Waals surface area contributed by atoms with Crippen molar-refractivity contribution >= 4 is 22.7 Å². The minimum atomic E-state index is -0.564. The second kappa shape index (κ2) is 8.71. The summed E-state index contributed by atoms with van der Waals surface area (Å²) in [5, 5.41) is 0.614. The number of aromatic nitrogens is 1. The number of halogens is 1. The molecule has 0 saturated carbocycles. The number of hydrogen-bond donors (Lipinski definition) is 0. The number of nitrogens with zero attached hydrogens (tertiary/aromatic N) is 3. The zero-order chi connectivity index (χ0) is 22.0. The number of rotatable bonds is 4. The van der Waals surface area contributed by atoms with Crippen LogP contribution in [0.4, 0.5) is 4.39 Å². The highest BCUT2D eigenvalue weighted by Crippen LogP contribution is 2.18. The fraction of sp³-hybridized carbons (Fsp3) is 0.292. The van der Waals surface area contributed by atoms with Crippen molar-refractivity contribution in [3.8, 4) is 0 Å². The summed E-state index contributed by atoms with van der Waals surface area (Å²) < 4.78 is 16.4. The number of para-hydroxylation sites is 1. The Balaban J connectivity index is 1.56. The number of amides is 2. The summed E-state index contributed by atoms with van der Waals surface area (Å²) in [5.74, 6) is -0.869. The van der Waals surface area contributed by atoms with Crippen molar-refractivity contribution < 1.29 is 14.0 Å². The first-order valence-corrected chi connectivity index (χ1v) is 10.4. The molecule has 0 spiro atoms. The van der Waals surface area contributed by atoms with Crippen molar-refractivity contribution in [2.24, 2.45) is 0 Å². The Morgan fingerprint density at radius 2 is 1.68 bits per heavy atom. The standard InChI is InChI=1S/C24H24FN3O3/c1-2-23(30)26-11-13-27(14-12-26)24(31)19-15-17(7-8-20(19)25)16-28-10-9-22(29)18-5-3-4-6-21(18)28/h3-10,15H,2,11-14,16H2,1H3. The Labute approximate surface area is 179 Å². The predicted molar refractivity (Wildman–Crippen MR) is 116 cm³/mol. The molecule has 0 atom stereocenters. The molecule has 0 radical (unpaired) electrons. The van der Waals surface area contributed by atoms with Crippen LogP contribution in [0, 0.1) is 5.82 Å². The lowest BCUT2D eigenvalue weighted by molar-refractivity contribution is -0.132. The smallest absolute Gasteiger partial charge is 0.256 e. The molecule has 0 unspecified atom stereocenters. The fourth-order valence-corrected chi connectivity index (χ4v) is 3.98. The Morgan fingerprint density at radius 1 is 0.968 bits per heavy atom. The average molecular weight is 421 g/mol. The summed E-state index contributed by atoms with van der Waals surface area (Å²) >= 11 is 0. The van der Waals surface area contributed by atoms with Crippen LogP contribution in [0.5, 0.6) is 0 Å². The van der Waals surface area contributed by atoms with E-state index in [-0.39, 0.29) is 22.8 Å². The molecule has 160 valence electrons. The molecule has 2 amide bonds. The van der Waals surface area contributed by atoms with Crippen molar-refractivity contribution in [1.29, 1.82) is 0 Å². The third-order valence-electron chi connectivity index (χ3n) is 5.72. The molecular formula is C24H24FN3O3. The number of pyridine rings is 1. The van der Waals surface area contributed by atoms with Crippen LogP contribution >= 0.6 is 0 Å². The van der Waals surface area contributed by atoms with Crippen LogP contribution in [0.2, 0.25) is 0 Å². The lowest BCUT2D eigenvalue weighted by Crippen LogP contribution is -2.50. The predicted octanol–water partition coefficient (Wildman–Crippen LogP) is 2.88. The Hall–Kier alpha value is -3.48. The second-order valence-electron chi connectivity index (χ2n) is 7.67. The van der Waals surface area contributed by atoms with Gasteiger partial charge in [0.25, 0.3) is 5.91 Å². The van der Waals surface area contributed by atoms with Crippen LogP contribution in [0.25, 0.3) is 10.9 Å². The fourth-order valence-electron chi connectivity index (χ4n) is 3.98. The van der Waals surface area contributed by atoms with Gasteiger partial charge in [-0.15, -0.1) is 0 Å². The summed E-state index contributed by atoms with van der Waals surface area (Å²) in [6.45, 7) is 3.91. The van der Waals surface area contributed by atoms with E-state index in [0.717, 1.165) is 11.1 Å². The molecular weight excluding hydrogens is 397 g/mol. The van der Waals surface area contributed by atoms with Gasteiger partial charge in [-0.25, -0.2) is 4.39 Å². The monoisotopic (exact) mass is 421 g/mol. The summed E-state index contributed by atoms with van der Waals surface area (Å²) in [6, 6.07) is 13.4. The van der Waals surface area contributed by atoms with Crippen LogP contribution < -0.4 is 5.43 Å². The zero-order valence-corrected chi connectivity index (χ0v) is 17.4. The molecule has 7 heteroatoms. The molecule has 0 aliphatic carbocycles. The van der Waals surface area contributed by atoms with Crippen molar-refractivity contribution in [3.05, 3.63) is 81.9 Å². The van der Waals surface area contributed by atoms with Crippen molar-refractivity contribution in [2.75, 3.05) is 26.2 Å². The van der Waals surface area contributed by atoms with Gasteiger partial charge < -0.3 is 14.4 Å². The topological polar surface area (TPSA) is 62.6 Å². The maximum atomic E-state index is 14.5. The molecule has 1 aliphatic heterocycles. The molecule has 1 saturated heterocycles. The van der Waals surface area contributed by atoms with Gasteiger partial charge in [-0.2, -0.15) is 0 Å². The van der Waals surface area contributed by atoms with E-state index in [9.17, 15) is 18.8 Å². The highest BCUT2D eigenvalue weighted by Gasteiger charge is 2.26. The summed E-state index contributed by atoms with van der Waals surface area (Å²) in [5.41, 5.74) is 1.52. The Morgan fingerprint density at radius 3 is 2.42 bits per heavy atom. The maximum Gasteiger partial charge on any atom is 0.256 e. The Kier molecular flexibility index (Phi) is 5.84. The highest BCUT2D eigenvalue weighted by molar-refractivity contribution is 5.95. The molecule has 0 N–H and O–H groups in total. The summed E-state index contributed by atoms with van der Waals surface area (Å²) in [6.07, 6.45) is 2.14. The van der Waals surface area contributed by atoms with Crippen LogP contribution in [0.15, 0.2) is 59.5 Å². The minimum absolute atomic E-state index is 0.0260. The molecule has 1 aliphatic rings. The van der Waals surface area contributed by atoms with Crippen LogP contribution in [0.3, 0.4) is 0 Å². The van der Waals surface area contributed by atoms with Gasteiger partial charge in [0.15, 0.2) is 5.43 Å². The van der Waals surface area contributed by atoms with E-state index >= 15 is 0 Å². The number of carbonyl (C=O) groups excluding carboxylic acids is 2. The molecule has 4 rings (SSSR count). The van der Waals surface area contributed by atoms with Gasteiger partial charge in [0.2, 0.25) is 5.91 Å². The first kappa shape index (κ1) is 20.8. The molecule has 0 bridgehead atoms. The zero-order valence-electron chi connectivity index (χ0n) is 17.4. The first-order valence-electron chi connectivity index (χ1n) is 10.4. The number of benzene rings is 2. The first-order chi connectivity index (χ1) is 15.0. The second-order valence-corrected chi connectivity index (χ2v) is 7.67. The van der Waals surface area contributed by atoms with Gasteiger partial charge in [0.1, 0.15) is 5.82 Å². The SMILES string of the molecule is CCC(=O)N1CCN(C(=O)c2cc(Cn3ccc(=O)c4ccccc43)ccc2F)CC1. The number of carbonyl (C=O) groups is 2. The van der Waals surface area contributed by atoms with E-state index in [1.165, 1.54) is 12.1 Å². The third kappa shape index (κ3) is 4.21. The maximum absolute atomic E-state index is 14.5. The molecule has 31 heavy (non-hydrogen) atoms. The van der Waals surface area contributed by atoms with E-state index in [1.54, 1.807) is 34.2 Å². The van der Waals surface area contributed by atoms with Gasteiger partial charge in [0, 0.05) is 56.8 Å². The van der Waals surface area contributed by atoms with E-state index in [2.05, 4.69) is 0 Å². The number of piperazine rings is 1. The van der Waals surface area contributed by atoms with Crippen LogP contribution in [-0.2, 0) is 11.3 Å². The average Bonchev–Trinajstić information content (AvgIpc) is 2.81. The number of fused-ring (bicyclic) bond motifs is 1. The van der Waals surface area contributed by atoms with Crippen molar-refractivity contribution in [2.45, 2.75) is 19.9 Å².